The van der Waals surface area contributed by atoms with Gasteiger partial charge in [0, 0.05) is 16.3 Å². The van der Waals surface area contributed by atoms with Crippen molar-refractivity contribution in [2.75, 3.05) is 13.7 Å². The fraction of sp³-hybridized carbons (Fsp3) is 0.476. The summed E-state index contributed by atoms with van der Waals surface area (Å²) in [6.07, 6.45) is 0.691. The van der Waals surface area contributed by atoms with Crippen LogP contribution in [-0.2, 0) is 25.6 Å². The van der Waals surface area contributed by atoms with Crippen LogP contribution < -0.4 is 5.32 Å². The quantitative estimate of drug-likeness (QED) is 0.630. The molecule has 0 saturated carbocycles. The van der Waals surface area contributed by atoms with E-state index in [0.717, 1.165) is 11.4 Å². The smallest absolute Gasteiger partial charge is 0.340 e. The van der Waals surface area contributed by atoms with Crippen molar-refractivity contribution in [3.05, 3.63) is 45.4 Å². The lowest BCUT2D eigenvalue weighted by Crippen LogP contribution is -2.47. The Morgan fingerprint density at radius 2 is 2.00 bits per heavy atom. The molecule has 0 fully saturated rings. The number of carbonyl (C=O) groups excluding carboxylic acids is 3. The molecule has 7 nitrogen and oxygen atoms in total. The predicted octanol–water partition coefficient (Wildman–Crippen LogP) is 3.08. The second kappa shape index (κ2) is 10.2. The molecule has 2 rings (SSSR count). The second-order valence-electron chi connectivity index (χ2n) is 6.98. The Morgan fingerprint density at radius 1 is 1.28 bits per heavy atom. The van der Waals surface area contributed by atoms with Gasteiger partial charge in [-0.25, -0.2) is 9.59 Å². The molecule has 2 heterocycles. The minimum atomic E-state index is -0.771. The van der Waals surface area contributed by atoms with Gasteiger partial charge in [-0.05, 0) is 37.3 Å². The fourth-order valence-electron chi connectivity index (χ4n) is 3.03. The molecule has 0 radical (unpaired) electrons. The third-order valence-corrected chi connectivity index (χ3v) is 5.87. The van der Waals surface area contributed by atoms with E-state index in [-0.39, 0.29) is 5.92 Å². The van der Waals surface area contributed by atoms with E-state index in [2.05, 4.69) is 5.32 Å². The van der Waals surface area contributed by atoms with Crippen LogP contribution in [0.3, 0.4) is 0 Å². The lowest BCUT2D eigenvalue weighted by molar-refractivity contribution is -0.147. The van der Waals surface area contributed by atoms with Gasteiger partial charge in [-0.3, -0.25) is 4.79 Å². The zero-order chi connectivity index (χ0) is 21.6. The number of nitrogens with zero attached hydrogens (tertiary/aromatic N) is 1. The largest absolute Gasteiger partial charge is 0.467 e. The molecule has 8 heteroatoms. The molecule has 0 aromatic carbocycles. The summed E-state index contributed by atoms with van der Waals surface area (Å²) in [6, 6.07) is 5.02. The van der Waals surface area contributed by atoms with Gasteiger partial charge in [0.2, 0.25) is 0 Å². The van der Waals surface area contributed by atoms with E-state index in [4.69, 9.17) is 9.47 Å². The van der Waals surface area contributed by atoms with Gasteiger partial charge < -0.3 is 19.4 Å². The molecule has 0 aliphatic carbocycles. The van der Waals surface area contributed by atoms with E-state index >= 15 is 0 Å². The van der Waals surface area contributed by atoms with Crippen LogP contribution in [0.4, 0.5) is 0 Å². The lowest BCUT2D eigenvalue weighted by atomic mass is 9.99. The first-order valence-corrected chi connectivity index (χ1v) is 10.4. The van der Waals surface area contributed by atoms with E-state index < -0.39 is 30.5 Å². The van der Waals surface area contributed by atoms with Gasteiger partial charge in [0.15, 0.2) is 6.61 Å². The Hall–Kier alpha value is -2.61. The van der Waals surface area contributed by atoms with E-state index in [9.17, 15) is 14.4 Å². The third kappa shape index (κ3) is 5.69. The van der Waals surface area contributed by atoms with Gasteiger partial charge in [0.25, 0.3) is 5.91 Å². The Morgan fingerprint density at radius 3 is 2.59 bits per heavy atom. The van der Waals surface area contributed by atoms with Crippen molar-refractivity contribution in [3.8, 4) is 0 Å². The zero-order valence-corrected chi connectivity index (χ0v) is 18.3. The molecule has 0 unspecified atom stereocenters. The predicted molar refractivity (Wildman–Crippen MR) is 111 cm³/mol. The zero-order valence-electron chi connectivity index (χ0n) is 17.5. The van der Waals surface area contributed by atoms with Crippen molar-refractivity contribution in [3.63, 3.8) is 0 Å². The number of aromatic nitrogens is 1. The number of hydrogen-bond donors (Lipinski definition) is 1. The first-order chi connectivity index (χ1) is 13.8. The minimum absolute atomic E-state index is 0.0988. The minimum Gasteiger partial charge on any atom is -0.467 e. The average molecular weight is 421 g/mol. The number of esters is 2. The van der Waals surface area contributed by atoms with Crippen LogP contribution >= 0.6 is 11.3 Å². The molecule has 1 amide bonds. The number of nitrogens with one attached hydrogen (secondary N) is 1. The van der Waals surface area contributed by atoms with Gasteiger partial charge in [0.05, 0.1) is 19.2 Å². The van der Waals surface area contributed by atoms with Crippen molar-refractivity contribution in [1.29, 1.82) is 0 Å². The molecule has 29 heavy (non-hydrogen) atoms. The van der Waals surface area contributed by atoms with Gasteiger partial charge in [-0.1, -0.05) is 26.3 Å². The molecule has 2 atom stereocenters. The molecule has 0 saturated heterocycles. The van der Waals surface area contributed by atoms with Crippen LogP contribution in [0.1, 0.15) is 46.9 Å². The van der Waals surface area contributed by atoms with Crippen molar-refractivity contribution in [1.82, 2.24) is 9.88 Å². The van der Waals surface area contributed by atoms with E-state index in [1.54, 1.807) is 17.4 Å². The molecule has 158 valence electrons. The van der Waals surface area contributed by atoms with Crippen LogP contribution in [0.2, 0.25) is 0 Å². The number of ether oxygens (including phenoxy) is 2. The van der Waals surface area contributed by atoms with Crippen LogP contribution in [-0.4, -0.2) is 42.2 Å². The number of thiophene rings is 1. The molecule has 0 aliphatic rings. The highest BCUT2D eigenvalue weighted by Crippen LogP contribution is 2.20. The average Bonchev–Trinajstić information content (AvgIpc) is 3.32. The van der Waals surface area contributed by atoms with Crippen LogP contribution in [0.5, 0.6) is 0 Å². The molecule has 0 bridgehead atoms. The summed E-state index contributed by atoms with van der Waals surface area (Å²) < 4.78 is 12.0. The number of rotatable bonds is 9. The summed E-state index contributed by atoms with van der Waals surface area (Å²) in [5.74, 6) is -1.72. The van der Waals surface area contributed by atoms with E-state index in [0.29, 0.717) is 18.5 Å². The maximum atomic E-state index is 12.5. The van der Waals surface area contributed by atoms with Crippen molar-refractivity contribution in [2.45, 2.75) is 46.7 Å². The summed E-state index contributed by atoms with van der Waals surface area (Å²) in [4.78, 5) is 37.8. The molecular weight excluding hydrogens is 392 g/mol. The van der Waals surface area contributed by atoms with Gasteiger partial charge in [-0.2, -0.15) is 0 Å². The van der Waals surface area contributed by atoms with Gasteiger partial charge >= 0.3 is 11.9 Å². The summed E-state index contributed by atoms with van der Waals surface area (Å²) >= 11 is 1.65. The van der Waals surface area contributed by atoms with Crippen molar-refractivity contribution in [2.24, 2.45) is 5.92 Å². The topological polar surface area (TPSA) is 86.6 Å². The molecule has 0 aliphatic heterocycles. The molecular formula is C21H28N2O5S. The first-order valence-electron chi connectivity index (χ1n) is 9.51. The normalized spacial score (nSPS) is 12.9. The Labute approximate surface area is 175 Å². The first kappa shape index (κ1) is 22.7. The fourth-order valence-corrected chi connectivity index (χ4v) is 3.72. The highest BCUT2D eigenvalue weighted by molar-refractivity contribution is 7.09. The van der Waals surface area contributed by atoms with Gasteiger partial charge in [-0.15, -0.1) is 11.3 Å². The van der Waals surface area contributed by atoms with Crippen LogP contribution in [0.15, 0.2) is 23.6 Å². The molecule has 1 N–H and O–H groups in total. The summed E-state index contributed by atoms with van der Waals surface area (Å²) in [6.45, 7) is 7.76. The SMILES string of the molecule is CC[C@@H](C)[C@H](NC(=O)COC(=O)c1cc(C)n(Cc2cccs2)c1C)C(=O)OC. The van der Waals surface area contributed by atoms with Gasteiger partial charge in [0.1, 0.15) is 6.04 Å². The molecule has 2 aromatic rings. The lowest BCUT2D eigenvalue weighted by Gasteiger charge is -2.21. The Kier molecular flexibility index (Phi) is 8.01. The maximum absolute atomic E-state index is 12.5. The number of hydrogen-bond acceptors (Lipinski definition) is 6. The number of aryl methyl sites for hydroxylation is 1. The monoisotopic (exact) mass is 420 g/mol. The van der Waals surface area contributed by atoms with Crippen LogP contribution in [0.25, 0.3) is 0 Å². The Bertz CT molecular complexity index is 857. The van der Waals surface area contributed by atoms with Crippen LogP contribution in [0, 0.1) is 19.8 Å². The van der Waals surface area contributed by atoms with E-state index in [1.807, 2.05) is 49.8 Å². The molecule has 2 aromatic heterocycles. The summed E-state index contributed by atoms with van der Waals surface area (Å²) in [5, 5.41) is 4.60. The maximum Gasteiger partial charge on any atom is 0.340 e. The van der Waals surface area contributed by atoms with Crippen molar-refractivity contribution >= 4 is 29.2 Å². The Balaban J connectivity index is 2.00. The van der Waals surface area contributed by atoms with Crippen molar-refractivity contribution < 1.29 is 23.9 Å². The summed E-state index contributed by atoms with van der Waals surface area (Å²) in [5.41, 5.74) is 2.15. The molecule has 0 spiro atoms. The third-order valence-electron chi connectivity index (χ3n) is 5.01. The number of amides is 1. The standard InChI is InChI=1S/C21H28N2O5S/c1-6-13(2)19(21(26)27-5)22-18(24)12-28-20(25)17-10-14(3)23(15(17)4)11-16-8-7-9-29-16/h7-10,13,19H,6,11-12H2,1-5H3,(H,22,24)/t13-,19+/m1/s1. The number of methoxy groups -OCH3 is 1. The highest BCUT2D eigenvalue weighted by Gasteiger charge is 2.27. The summed E-state index contributed by atoms with van der Waals surface area (Å²) in [7, 11) is 1.27. The highest BCUT2D eigenvalue weighted by atomic mass is 32.1. The van der Waals surface area contributed by atoms with E-state index in [1.165, 1.54) is 12.0 Å². The second-order valence-corrected chi connectivity index (χ2v) is 8.01. The number of carbonyl (C=O) groups is 3.